The van der Waals surface area contributed by atoms with Crippen LogP contribution in [-0.4, -0.2) is 42.4 Å². The molecule has 7 heteroatoms. The number of fused-ring (bicyclic) bond motifs is 1. The van der Waals surface area contributed by atoms with Crippen LogP contribution in [0.15, 0.2) is 35.1 Å². The number of ether oxygens (including phenoxy) is 2. The molecule has 0 N–H and O–H groups in total. The van der Waals surface area contributed by atoms with E-state index in [2.05, 4.69) is 15.1 Å². The molecule has 0 bridgehead atoms. The smallest absolute Gasteiger partial charge is 0.263 e. The molecule has 0 aliphatic carbocycles. The van der Waals surface area contributed by atoms with Crippen LogP contribution in [-0.2, 0) is 0 Å². The Morgan fingerprint density at radius 3 is 2.74 bits per heavy atom. The highest BCUT2D eigenvalue weighted by molar-refractivity contribution is 5.87. The van der Waals surface area contributed by atoms with Gasteiger partial charge in [-0.25, -0.2) is 4.98 Å². The number of benzene rings is 1. The predicted molar refractivity (Wildman–Crippen MR) is 86.1 cm³/mol. The third-order valence-corrected chi connectivity index (χ3v) is 3.54. The van der Waals surface area contributed by atoms with Gasteiger partial charge in [0.15, 0.2) is 11.5 Å². The van der Waals surface area contributed by atoms with Crippen molar-refractivity contribution < 1.29 is 14.0 Å². The lowest BCUT2D eigenvalue weighted by Gasteiger charge is -2.19. The minimum Gasteiger partial charge on any atom is -0.493 e. The number of hydrogen-bond donors (Lipinski definition) is 0. The average Bonchev–Trinajstić information content (AvgIpc) is 2.96. The van der Waals surface area contributed by atoms with E-state index in [-0.39, 0.29) is 0 Å². The summed E-state index contributed by atoms with van der Waals surface area (Å²) in [5, 5.41) is 4.76. The summed E-state index contributed by atoms with van der Waals surface area (Å²) in [6.07, 6.45) is 1.47. The SMILES string of the molecule is COc1ccccc1OCCN(C)c1ncnc2onc(C)c12. The molecular weight excluding hydrogens is 296 g/mol. The first kappa shape index (κ1) is 15.1. The molecule has 0 aliphatic heterocycles. The van der Waals surface area contributed by atoms with Crippen molar-refractivity contribution in [3.05, 3.63) is 36.3 Å². The van der Waals surface area contributed by atoms with Gasteiger partial charge in [-0.05, 0) is 19.1 Å². The molecule has 3 rings (SSSR count). The van der Waals surface area contributed by atoms with Crippen molar-refractivity contribution in [2.75, 3.05) is 32.2 Å². The van der Waals surface area contributed by atoms with Crippen molar-refractivity contribution in [3.63, 3.8) is 0 Å². The van der Waals surface area contributed by atoms with Crippen LogP contribution in [0.4, 0.5) is 5.82 Å². The van der Waals surface area contributed by atoms with E-state index in [0.29, 0.717) is 18.9 Å². The molecule has 0 aliphatic rings. The van der Waals surface area contributed by atoms with Crippen molar-refractivity contribution in [2.24, 2.45) is 0 Å². The zero-order valence-electron chi connectivity index (χ0n) is 13.3. The normalized spacial score (nSPS) is 10.7. The number of aromatic nitrogens is 3. The van der Waals surface area contributed by atoms with E-state index in [1.807, 2.05) is 43.1 Å². The number of para-hydroxylation sites is 2. The quantitative estimate of drug-likeness (QED) is 0.692. The van der Waals surface area contributed by atoms with Crippen molar-refractivity contribution in [1.29, 1.82) is 0 Å². The largest absolute Gasteiger partial charge is 0.493 e. The Morgan fingerprint density at radius 1 is 1.17 bits per heavy atom. The van der Waals surface area contributed by atoms with Crippen LogP contribution in [0.5, 0.6) is 11.5 Å². The Labute approximate surface area is 133 Å². The van der Waals surface area contributed by atoms with Gasteiger partial charge in [0.2, 0.25) is 0 Å². The van der Waals surface area contributed by atoms with Crippen LogP contribution < -0.4 is 14.4 Å². The molecule has 2 heterocycles. The van der Waals surface area contributed by atoms with Crippen molar-refractivity contribution in [2.45, 2.75) is 6.92 Å². The molecule has 120 valence electrons. The lowest BCUT2D eigenvalue weighted by Crippen LogP contribution is -2.25. The fourth-order valence-electron chi connectivity index (χ4n) is 2.33. The molecule has 0 saturated carbocycles. The molecule has 7 nitrogen and oxygen atoms in total. The third-order valence-electron chi connectivity index (χ3n) is 3.54. The van der Waals surface area contributed by atoms with Gasteiger partial charge in [0, 0.05) is 7.05 Å². The highest BCUT2D eigenvalue weighted by Crippen LogP contribution is 2.27. The highest BCUT2D eigenvalue weighted by Gasteiger charge is 2.15. The summed E-state index contributed by atoms with van der Waals surface area (Å²) in [4.78, 5) is 10.4. The molecule has 2 aromatic heterocycles. The number of aryl methyl sites for hydroxylation is 1. The van der Waals surface area contributed by atoms with Gasteiger partial charge in [-0.2, -0.15) is 4.98 Å². The van der Waals surface area contributed by atoms with Gasteiger partial charge >= 0.3 is 0 Å². The Balaban J connectivity index is 1.69. The minimum absolute atomic E-state index is 0.491. The van der Waals surface area contributed by atoms with Crippen molar-refractivity contribution in [3.8, 4) is 11.5 Å². The maximum Gasteiger partial charge on any atom is 0.263 e. The van der Waals surface area contributed by atoms with E-state index < -0.39 is 0 Å². The van der Waals surface area contributed by atoms with Crippen LogP contribution in [0, 0.1) is 6.92 Å². The summed E-state index contributed by atoms with van der Waals surface area (Å²) >= 11 is 0. The van der Waals surface area contributed by atoms with Crippen molar-refractivity contribution in [1.82, 2.24) is 15.1 Å². The Morgan fingerprint density at radius 2 is 1.96 bits per heavy atom. The van der Waals surface area contributed by atoms with Gasteiger partial charge in [0.1, 0.15) is 24.1 Å². The molecule has 0 unspecified atom stereocenters. The maximum absolute atomic E-state index is 5.79. The molecular formula is C16H18N4O3. The lowest BCUT2D eigenvalue weighted by molar-refractivity contribution is 0.301. The number of rotatable bonds is 6. The molecule has 23 heavy (non-hydrogen) atoms. The van der Waals surface area contributed by atoms with E-state index in [9.17, 15) is 0 Å². The van der Waals surface area contributed by atoms with E-state index in [1.54, 1.807) is 7.11 Å². The zero-order chi connectivity index (χ0) is 16.2. The van der Waals surface area contributed by atoms with Crippen LogP contribution in [0.25, 0.3) is 11.1 Å². The molecule has 0 spiro atoms. The topological polar surface area (TPSA) is 73.5 Å². The van der Waals surface area contributed by atoms with Gasteiger partial charge < -0.3 is 18.9 Å². The van der Waals surface area contributed by atoms with Crippen LogP contribution in [0.2, 0.25) is 0 Å². The molecule has 0 radical (unpaired) electrons. The van der Waals surface area contributed by atoms with Gasteiger partial charge in [-0.15, -0.1) is 0 Å². The minimum atomic E-state index is 0.491. The Kier molecular flexibility index (Phi) is 4.27. The van der Waals surface area contributed by atoms with Gasteiger partial charge in [0.25, 0.3) is 5.71 Å². The molecule has 0 saturated heterocycles. The predicted octanol–water partition coefficient (Wildman–Crippen LogP) is 2.45. The standard InChI is InChI=1S/C16H18N4O3/c1-11-14-15(17-10-18-16(14)23-19-11)20(2)8-9-22-13-7-5-4-6-12(13)21-3/h4-7,10H,8-9H2,1-3H3. The zero-order valence-corrected chi connectivity index (χ0v) is 13.3. The van der Waals surface area contributed by atoms with E-state index in [0.717, 1.165) is 28.4 Å². The number of hydrogen-bond acceptors (Lipinski definition) is 7. The third kappa shape index (κ3) is 3.03. The summed E-state index contributed by atoms with van der Waals surface area (Å²) in [6.45, 7) is 3.01. The molecule has 3 aromatic rings. The van der Waals surface area contributed by atoms with Crippen LogP contribution in [0.1, 0.15) is 5.69 Å². The van der Waals surface area contributed by atoms with Gasteiger partial charge in [0.05, 0.1) is 19.3 Å². The highest BCUT2D eigenvalue weighted by atomic mass is 16.5. The fraction of sp³-hybridized carbons (Fsp3) is 0.312. The second-order valence-corrected chi connectivity index (χ2v) is 5.07. The summed E-state index contributed by atoms with van der Waals surface area (Å²) in [5.41, 5.74) is 1.26. The molecule has 0 amide bonds. The molecule has 1 aromatic carbocycles. The first-order chi connectivity index (χ1) is 11.2. The number of likely N-dealkylation sites (N-methyl/N-ethyl adjacent to an activating group) is 1. The fourth-order valence-corrected chi connectivity index (χ4v) is 2.33. The van der Waals surface area contributed by atoms with E-state index in [4.69, 9.17) is 14.0 Å². The Bertz CT molecular complexity index is 803. The Hall–Kier alpha value is -2.83. The molecule has 0 fully saturated rings. The average molecular weight is 314 g/mol. The van der Waals surface area contributed by atoms with Gasteiger partial charge in [-0.1, -0.05) is 17.3 Å². The molecule has 0 atom stereocenters. The number of anilines is 1. The number of nitrogens with zero attached hydrogens (tertiary/aromatic N) is 4. The number of methoxy groups -OCH3 is 1. The lowest BCUT2D eigenvalue weighted by atomic mass is 10.3. The summed E-state index contributed by atoms with van der Waals surface area (Å²) in [5.74, 6) is 2.21. The van der Waals surface area contributed by atoms with E-state index >= 15 is 0 Å². The van der Waals surface area contributed by atoms with E-state index in [1.165, 1.54) is 6.33 Å². The maximum atomic E-state index is 5.79. The second kappa shape index (κ2) is 6.51. The van der Waals surface area contributed by atoms with Crippen LogP contribution >= 0.6 is 0 Å². The van der Waals surface area contributed by atoms with Gasteiger partial charge in [-0.3, -0.25) is 0 Å². The summed E-state index contributed by atoms with van der Waals surface area (Å²) < 4.78 is 16.2. The second-order valence-electron chi connectivity index (χ2n) is 5.07. The summed E-state index contributed by atoms with van der Waals surface area (Å²) in [6, 6.07) is 7.57. The van der Waals surface area contributed by atoms with Crippen molar-refractivity contribution >= 4 is 16.9 Å². The first-order valence-corrected chi connectivity index (χ1v) is 7.24. The summed E-state index contributed by atoms with van der Waals surface area (Å²) in [7, 11) is 3.57. The monoisotopic (exact) mass is 314 g/mol. The van der Waals surface area contributed by atoms with Crippen LogP contribution in [0.3, 0.4) is 0 Å². The first-order valence-electron chi connectivity index (χ1n) is 7.24.